The number of carbonyl (C=O) groups is 1. The zero-order valence-corrected chi connectivity index (χ0v) is 10.9. The summed E-state index contributed by atoms with van der Waals surface area (Å²) in [6.45, 7) is 0.254. The van der Waals surface area contributed by atoms with E-state index >= 15 is 0 Å². The Morgan fingerprint density at radius 3 is 2.90 bits per heavy atom. The Morgan fingerprint density at radius 2 is 2.24 bits per heavy atom. The number of ether oxygens (including phenoxy) is 1. The number of para-hydroxylation sites is 1. The van der Waals surface area contributed by atoms with Crippen molar-refractivity contribution in [3.63, 3.8) is 0 Å². The van der Waals surface area contributed by atoms with Gasteiger partial charge < -0.3 is 14.4 Å². The van der Waals surface area contributed by atoms with Gasteiger partial charge in [0.1, 0.15) is 17.5 Å². The van der Waals surface area contributed by atoms with Gasteiger partial charge in [0, 0.05) is 12.5 Å². The first-order chi connectivity index (χ1) is 10.0. The van der Waals surface area contributed by atoms with Gasteiger partial charge in [-0.25, -0.2) is 4.79 Å². The number of nitrogens with zero attached hydrogens (tertiary/aromatic N) is 2. The lowest BCUT2D eigenvalue weighted by molar-refractivity contribution is -0.384. The highest BCUT2D eigenvalue weighted by Gasteiger charge is 2.26. The molecule has 7 heteroatoms. The first-order valence-electron chi connectivity index (χ1n) is 6.37. The molecule has 3 rings (SSSR count). The third-order valence-electron chi connectivity index (χ3n) is 3.43. The van der Waals surface area contributed by atoms with Crippen LogP contribution in [-0.4, -0.2) is 26.7 Å². The van der Waals surface area contributed by atoms with Crippen LogP contribution in [0.25, 0.3) is 0 Å². The highest BCUT2D eigenvalue weighted by atomic mass is 16.6. The van der Waals surface area contributed by atoms with Crippen molar-refractivity contribution >= 4 is 11.7 Å². The fraction of sp³-hybridized carbons (Fsp3) is 0.214. The molecule has 1 aliphatic rings. The van der Waals surface area contributed by atoms with E-state index in [4.69, 9.17) is 9.84 Å². The SMILES string of the molecule is O=C(O)c1cc([N+](=O)[O-])cn1CC1Cc2ccccc2O1. The molecule has 108 valence electrons. The maximum Gasteiger partial charge on any atom is 0.352 e. The highest BCUT2D eigenvalue weighted by Crippen LogP contribution is 2.29. The van der Waals surface area contributed by atoms with Crippen LogP contribution in [0.4, 0.5) is 5.69 Å². The molecule has 1 aliphatic heterocycles. The molecule has 1 unspecified atom stereocenters. The molecule has 0 bridgehead atoms. The Hall–Kier alpha value is -2.83. The van der Waals surface area contributed by atoms with E-state index in [2.05, 4.69) is 0 Å². The van der Waals surface area contributed by atoms with E-state index in [1.54, 1.807) is 0 Å². The van der Waals surface area contributed by atoms with E-state index in [1.807, 2.05) is 24.3 Å². The molecule has 0 saturated heterocycles. The summed E-state index contributed by atoms with van der Waals surface area (Å²) < 4.78 is 7.09. The van der Waals surface area contributed by atoms with Crippen LogP contribution in [0.2, 0.25) is 0 Å². The smallest absolute Gasteiger partial charge is 0.352 e. The van der Waals surface area contributed by atoms with Crippen LogP contribution in [0.15, 0.2) is 36.5 Å². The number of aromatic carboxylic acids is 1. The van der Waals surface area contributed by atoms with Gasteiger partial charge in [-0.15, -0.1) is 0 Å². The van der Waals surface area contributed by atoms with Crippen LogP contribution in [0.5, 0.6) is 5.75 Å². The number of benzene rings is 1. The van der Waals surface area contributed by atoms with Crippen LogP contribution in [0.3, 0.4) is 0 Å². The number of nitro groups is 1. The van der Waals surface area contributed by atoms with Gasteiger partial charge in [-0.3, -0.25) is 10.1 Å². The lowest BCUT2D eigenvalue weighted by Crippen LogP contribution is -2.22. The average molecular weight is 288 g/mol. The molecule has 0 aliphatic carbocycles. The highest BCUT2D eigenvalue weighted by molar-refractivity contribution is 5.86. The topological polar surface area (TPSA) is 94.6 Å². The van der Waals surface area contributed by atoms with Crippen molar-refractivity contribution in [2.24, 2.45) is 0 Å². The van der Waals surface area contributed by atoms with Crippen LogP contribution in [0, 0.1) is 10.1 Å². The predicted octanol–water partition coefficient (Wildman–Crippen LogP) is 2.10. The lowest BCUT2D eigenvalue weighted by Gasteiger charge is -2.12. The summed E-state index contributed by atoms with van der Waals surface area (Å²) in [6, 6.07) is 8.64. The van der Waals surface area contributed by atoms with E-state index in [9.17, 15) is 14.9 Å². The lowest BCUT2D eigenvalue weighted by atomic mass is 10.1. The van der Waals surface area contributed by atoms with E-state index < -0.39 is 10.9 Å². The van der Waals surface area contributed by atoms with Gasteiger partial charge in [0.15, 0.2) is 0 Å². The van der Waals surface area contributed by atoms with Crippen molar-refractivity contribution in [1.82, 2.24) is 4.57 Å². The first kappa shape index (κ1) is 13.2. The third-order valence-corrected chi connectivity index (χ3v) is 3.43. The van der Waals surface area contributed by atoms with Gasteiger partial charge in [-0.1, -0.05) is 18.2 Å². The van der Waals surface area contributed by atoms with Crippen molar-refractivity contribution in [1.29, 1.82) is 0 Å². The summed E-state index contributed by atoms with van der Waals surface area (Å²) in [5, 5.41) is 19.9. The van der Waals surface area contributed by atoms with Crippen LogP contribution in [0.1, 0.15) is 16.1 Å². The van der Waals surface area contributed by atoms with Crippen molar-refractivity contribution < 1.29 is 19.6 Å². The Bertz CT molecular complexity index is 697. The van der Waals surface area contributed by atoms with Crippen LogP contribution in [-0.2, 0) is 13.0 Å². The summed E-state index contributed by atoms with van der Waals surface area (Å²) >= 11 is 0. The van der Waals surface area contributed by atoms with Gasteiger partial charge >= 0.3 is 5.97 Å². The molecule has 0 fully saturated rings. The van der Waals surface area contributed by atoms with Crippen molar-refractivity contribution in [2.45, 2.75) is 19.1 Å². The van der Waals surface area contributed by atoms with Crippen molar-refractivity contribution in [3.8, 4) is 5.75 Å². The van der Waals surface area contributed by atoms with Gasteiger partial charge in [0.2, 0.25) is 0 Å². The zero-order valence-electron chi connectivity index (χ0n) is 10.9. The molecule has 7 nitrogen and oxygen atoms in total. The molecular formula is C14H12N2O5. The second kappa shape index (κ2) is 4.93. The molecule has 1 N–H and O–H groups in total. The van der Waals surface area contributed by atoms with Gasteiger partial charge in [-0.2, -0.15) is 0 Å². The van der Waals surface area contributed by atoms with E-state index in [0.29, 0.717) is 6.42 Å². The number of hydrogen-bond donors (Lipinski definition) is 1. The quantitative estimate of drug-likeness (QED) is 0.686. The summed E-state index contributed by atoms with van der Waals surface area (Å²) in [6.07, 6.45) is 1.66. The minimum atomic E-state index is -1.20. The Balaban J connectivity index is 1.83. The minimum absolute atomic E-state index is 0.110. The standard InChI is InChI=1S/C14H12N2O5/c17-14(18)12-6-10(16(19)20)7-15(12)8-11-5-9-3-1-2-4-13(9)21-11/h1-4,6-7,11H,5,8H2,(H,17,18). The number of carboxylic acids is 1. The summed E-state index contributed by atoms with van der Waals surface area (Å²) in [4.78, 5) is 21.3. The van der Waals surface area contributed by atoms with Crippen molar-refractivity contribution in [3.05, 3.63) is 57.9 Å². The number of fused-ring (bicyclic) bond motifs is 1. The number of hydrogen-bond acceptors (Lipinski definition) is 4. The molecule has 0 spiro atoms. The van der Waals surface area contributed by atoms with Crippen LogP contribution >= 0.6 is 0 Å². The van der Waals surface area contributed by atoms with Gasteiger partial charge in [-0.05, 0) is 11.6 Å². The Kier molecular flexibility index (Phi) is 3.09. The second-order valence-corrected chi connectivity index (χ2v) is 4.85. The van der Waals surface area contributed by atoms with E-state index in [1.165, 1.54) is 10.8 Å². The Morgan fingerprint density at radius 1 is 1.48 bits per heavy atom. The maximum atomic E-state index is 11.2. The molecular weight excluding hydrogens is 276 g/mol. The average Bonchev–Trinajstić information content (AvgIpc) is 3.02. The third kappa shape index (κ3) is 2.45. The minimum Gasteiger partial charge on any atom is -0.488 e. The largest absolute Gasteiger partial charge is 0.488 e. The summed E-state index contributed by atoms with van der Waals surface area (Å²) in [7, 11) is 0. The summed E-state index contributed by atoms with van der Waals surface area (Å²) in [5.74, 6) is -0.417. The second-order valence-electron chi connectivity index (χ2n) is 4.85. The monoisotopic (exact) mass is 288 g/mol. The van der Waals surface area contributed by atoms with E-state index in [-0.39, 0.29) is 24.0 Å². The molecule has 1 aromatic heterocycles. The van der Waals surface area contributed by atoms with E-state index in [0.717, 1.165) is 17.4 Å². The normalized spacial score (nSPS) is 16.3. The zero-order chi connectivity index (χ0) is 15.0. The maximum absolute atomic E-state index is 11.2. The number of rotatable bonds is 4. The van der Waals surface area contributed by atoms with Gasteiger partial charge in [0.05, 0.1) is 17.7 Å². The van der Waals surface area contributed by atoms with Crippen molar-refractivity contribution in [2.75, 3.05) is 0 Å². The van der Waals surface area contributed by atoms with Crippen LogP contribution < -0.4 is 4.74 Å². The fourth-order valence-corrected chi connectivity index (χ4v) is 2.50. The van der Waals surface area contributed by atoms with Gasteiger partial charge in [0.25, 0.3) is 5.69 Å². The first-order valence-corrected chi connectivity index (χ1v) is 6.37. The molecule has 0 amide bonds. The molecule has 2 aromatic rings. The molecule has 0 saturated carbocycles. The molecule has 1 aromatic carbocycles. The molecule has 0 radical (unpaired) electrons. The Labute approximate surface area is 119 Å². The molecule has 1 atom stereocenters. The predicted molar refractivity (Wildman–Crippen MR) is 72.6 cm³/mol. The molecule has 2 heterocycles. The number of aromatic nitrogens is 1. The molecule has 21 heavy (non-hydrogen) atoms. The summed E-state index contributed by atoms with van der Waals surface area (Å²) in [5.41, 5.74) is 0.713. The number of carboxylic acid groups (broad SMARTS) is 1. The fourth-order valence-electron chi connectivity index (χ4n) is 2.50.